The van der Waals surface area contributed by atoms with Gasteiger partial charge in [0.1, 0.15) is 0 Å². The van der Waals surface area contributed by atoms with Gasteiger partial charge >= 0.3 is 11.8 Å². The van der Waals surface area contributed by atoms with Crippen LogP contribution in [-0.4, -0.2) is 49.5 Å². The van der Waals surface area contributed by atoms with Gasteiger partial charge in [-0.25, -0.2) is 0 Å². The van der Waals surface area contributed by atoms with Gasteiger partial charge in [0.2, 0.25) is 0 Å². The molecule has 0 saturated carbocycles. The normalized spacial score (nSPS) is 16.8. The molecule has 3 rings (SSSR count). The van der Waals surface area contributed by atoms with Crippen LogP contribution >= 0.6 is 11.6 Å². The van der Waals surface area contributed by atoms with E-state index in [9.17, 15) is 9.59 Å². The molecule has 160 valence electrons. The van der Waals surface area contributed by atoms with E-state index in [1.54, 1.807) is 25.1 Å². The number of unbranched alkanes of at least 4 members (excludes halogenated alkanes) is 1. The molecule has 30 heavy (non-hydrogen) atoms. The Hall–Kier alpha value is -2.41. The molecule has 0 aliphatic carbocycles. The summed E-state index contributed by atoms with van der Waals surface area (Å²) in [6.07, 6.45) is 1.86. The number of anilines is 1. The first kappa shape index (κ1) is 22.3. The van der Waals surface area contributed by atoms with Gasteiger partial charge in [-0.3, -0.25) is 14.5 Å². The summed E-state index contributed by atoms with van der Waals surface area (Å²) in [5.74, 6) is -1.32. The van der Waals surface area contributed by atoms with Gasteiger partial charge in [0, 0.05) is 30.3 Å². The minimum atomic E-state index is -0.681. The Balaban J connectivity index is 1.34. The summed E-state index contributed by atoms with van der Waals surface area (Å²) in [6, 6.07) is 15.5. The van der Waals surface area contributed by atoms with Crippen molar-refractivity contribution in [3.8, 4) is 0 Å². The molecule has 0 spiro atoms. The molecule has 1 fully saturated rings. The highest BCUT2D eigenvalue weighted by atomic mass is 35.5. The highest BCUT2D eigenvalue weighted by Gasteiger charge is 2.21. The first-order chi connectivity index (χ1) is 14.5. The van der Waals surface area contributed by atoms with Gasteiger partial charge in [-0.05, 0) is 49.6 Å². The Morgan fingerprint density at radius 2 is 1.90 bits per heavy atom. The highest BCUT2D eigenvalue weighted by Crippen LogP contribution is 2.23. The van der Waals surface area contributed by atoms with Crippen molar-refractivity contribution < 1.29 is 14.3 Å². The highest BCUT2D eigenvalue weighted by molar-refractivity contribution is 6.40. The van der Waals surface area contributed by atoms with Gasteiger partial charge in [0.15, 0.2) is 0 Å². The van der Waals surface area contributed by atoms with Gasteiger partial charge in [0.25, 0.3) is 0 Å². The molecule has 1 heterocycles. The number of nitrogens with zero attached hydrogens (tertiary/aromatic N) is 1. The number of rotatable bonds is 7. The molecule has 1 aliphatic heterocycles. The quantitative estimate of drug-likeness (QED) is 0.521. The molecule has 1 atom stereocenters. The second kappa shape index (κ2) is 11.1. The van der Waals surface area contributed by atoms with Crippen LogP contribution < -0.4 is 10.6 Å². The number of halogens is 1. The molecule has 1 saturated heterocycles. The molecule has 2 aromatic carbocycles. The Morgan fingerprint density at radius 3 is 2.70 bits per heavy atom. The van der Waals surface area contributed by atoms with E-state index < -0.39 is 11.8 Å². The number of benzene rings is 2. The van der Waals surface area contributed by atoms with Crippen LogP contribution in [0.2, 0.25) is 5.02 Å². The third-order valence-corrected chi connectivity index (χ3v) is 5.64. The minimum Gasteiger partial charge on any atom is -0.371 e. The standard InChI is InChI=1S/C23H28ClN3O3/c1-17-19(24)10-7-11-20(17)26-23(29)22(28)25-12-5-6-13-27-14-15-30-21(16-27)18-8-3-2-4-9-18/h2-4,7-11,21H,5-6,12-16H2,1H3,(H,25,28)(H,26,29)/t21-/m0/s1. The van der Waals surface area contributed by atoms with Crippen LogP contribution in [0, 0.1) is 6.92 Å². The van der Waals surface area contributed by atoms with Crippen LogP contribution in [0.25, 0.3) is 0 Å². The lowest BCUT2D eigenvalue weighted by atomic mass is 10.1. The number of hydrogen-bond acceptors (Lipinski definition) is 4. The topological polar surface area (TPSA) is 70.7 Å². The smallest absolute Gasteiger partial charge is 0.313 e. The Kier molecular flexibility index (Phi) is 8.25. The zero-order valence-corrected chi connectivity index (χ0v) is 18.0. The van der Waals surface area contributed by atoms with Crippen LogP contribution in [0.5, 0.6) is 0 Å². The molecule has 0 bridgehead atoms. The molecule has 0 aromatic heterocycles. The first-order valence-electron chi connectivity index (χ1n) is 10.3. The van der Waals surface area contributed by atoms with Gasteiger partial charge in [-0.1, -0.05) is 48.0 Å². The predicted octanol–water partition coefficient (Wildman–Crippen LogP) is 3.56. The molecular weight excluding hydrogens is 402 g/mol. The maximum atomic E-state index is 12.1. The van der Waals surface area contributed by atoms with E-state index in [4.69, 9.17) is 16.3 Å². The van der Waals surface area contributed by atoms with E-state index in [0.717, 1.165) is 44.6 Å². The fourth-order valence-corrected chi connectivity index (χ4v) is 3.61. The fraction of sp³-hybridized carbons (Fsp3) is 0.391. The van der Waals surface area contributed by atoms with Crippen molar-refractivity contribution in [2.24, 2.45) is 0 Å². The molecule has 1 aliphatic rings. The summed E-state index contributed by atoms with van der Waals surface area (Å²) in [6.45, 7) is 5.71. The van der Waals surface area contributed by atoms with E-state index in [0.29, 0.717) is 17.3 Å². The zero-order chi connectivity index (χ0) is 21.3. The molecule has 6 nitrogen and oxygen atoms in total. The van der Waals surface area contributed by atoms with Crippen LogP contribution in [-0.2, 0) is 14.3 Å². The van der Waals surface area contributed by atoms with Gasteiger partial charge in [0.05, 0.1) is 12.7 Å². The number of amides is 2. The summed E-state index contributed by atoms with van der Waals surface area (Å²) < 4.78 is 5.89. The van der Waals surface area contributed by atoms with Crippen molar-refractivity contribution in [3.63, 3.8) is 0 Å². The number of nitrogens with one attached hydrogen (secondary N) is 2. The van der Waals surface area contributed by atoms with E-state index in [1.165, 1.54) is 5.56 Å². The average molecular weight is 430 g/mol. The van der Waals surface area contributed by atoms with Crippen molar-refractivity contribution in [1.29, 1.82) is 0 Å². The number of carbonyl (C=O) groups excluding carboxylic acids is 2. The molecule has 7 heteroatoms. The molecule has 2 aromatic rings. The van der Waals surface area contributed by atoms with E-state index in [1.807, 2.05) is 18.2 Å². The average Bonchev–Trinajstić information content (AvgIpc) is 2.77. The summed E-state index contributed by atoms with van der Waals surface area (Å²) in [7, 11) is 0. The molecule has 0 unspecified atom stereocenters. The summed E-state index contributed by atoms with van der Waals surface area (Å²) in [4.78, 5) is 26.5. The van der Waals surface area contributed by atoms with Crippen LogP contribution in [0.3, 0.4) is 0 Å². The van der Waals surface area contributed by atoms with Crippen LogP contribution in [0.4, 0.5) is 5.69 Å². The predicted molar refractivity (Wildman–Crippen MR) is 119 cm³/mol. The lowest BCUT2D eigenvalue weighted by molar-refractivity contribution is -0.136. The Labute approximate surface area is 182 Å². The van der Waals surface area contributed by atoms with Crippen LogP contribution in [0.1, 0.15) is 30.1 Å². The lowest BCUT2D eigenvalue weighted by Crippen LogP contribution is -2.39. The second-order valence-electron chi connectivity index (χ2n) is 7.40. The molecular formula is C23H28ClN3O3. The van der Waals surface area contributed by atoms with Crippen molar-refractivity contribution in [3.05, 3.63) is 64.7 Å². The zero-order valence-electron chi connectivity index (χ0n) is 17.2. The van der Waals surface area contributed by atoms with Gasteiger partial charge in [-0.2, -0.15) is 0 Å². The van der Waals surface area contributed by atoms with Gasteiger partial charge in [-0.15, -0.1) is 0 Å². The van der Waals surface area contributed by atoms with Gasteiger partial charge < -0.3 is 15.4 Å². The monoisotopic (exact) mass is 429 g/mol. The third-order valence-electron chi connectivity index (χ3n) is 5.23. The van der Waals surface area contributed by atoms with E-state index in [-0.39, 0.29) is 6.10 Å². The molecule has 0 radical (unpaired) electrons. The van der Waals surface area contributed by atoms with E-state index >= 15 is 0 Å². The summed E-state index contributed by atoms with van der Waals surface area (Å²) in [5, 5.41) is 5.84. The minimum absolute atomic E-state index is 0.110. The summed E-state index contributed by atoms with van der Waals surface area (Å²) >= 11 is 6.04. The van der Waals surface area contributed by atoms with Crippen LogP contribution in [0.15, 0.2) is 48.5 Å². The number of hydrogen-bond donors (Lipinski definition) is 2. The molecule has 2 N–H and O–H groups in total. The number of morpholine rings is 1. The largest absolute Gasteiger partial charge is 0.371 e. The Morgan fingerprint density at radius 1 is 1.10 bits per heavy atom. The van der Waals surface area contributed by atoms with Crippen molar-refractivity contribution in [2.45, 2.75) is 25.9 Å². The van der Waals surface area contributed by atoms with Crippen molar-refractivity contribution in [2.75, 3.05) is 38.1 Å². The maximum Gasteiger partial charge on any atom is 0.313 e. The number of ether oxygens (including phenoxy) is 1. The molecule has 2 amide bonds. The van der Waals surface area contributed by atoms with E-state index in [2.05, 4.69) is 27.7 Å². The van der Waals surface area contributed by atoms with Crippen molar-refractivity contribution >= 4 is 29.1 Å². The Bertz CT molecular complexity index is 860. The third kappa shape index (κ3) is 6.29. The first-order valence-corrected chi connectivity index (χ1v) is 10.7. The maximum absolute atomic E-state index is 12.1. The SMILES string of the molecule is Cc1c(Cl)cccc1NC(=O)C(=O)NCCCCN1CCO[C@H](c2ccccc2)C1. The number of carbonyl (C=O) groups is 2. The lowest BCUT2D eigenvalue weighted by Gasteiger charge is -2.33. The second-order valence-corrected chi connectivity index (χ2v) is 7.81. The fourth-order valence-electron chi connectivity index (χ4n) is 3.44. The summed E-state index contributed by atoms with van der Waals surface area (Å²) in [5.41, 5.74) is 2.48. The van der Waals surface area contributed by atoms with Crippen molar-refractivity contribution in [1.82, 2.24) is 10.2 Å².